The summed E-state index contributed by atoms with van der Waals surface area (Å²) in [4.78, 5) is 29.0. The van der Waals surface area contributed by atoms with Crippen LogP contribution in [0.15, 0.2) is 42.7 Å². The molecule has 0 saturated carbocycles. The Labute approximate surface area is 172 Å². The molecule has 3 heterocycles. The number of aromatic nitrogens is 3. The van der Waals surface area contributed by atoms with Gasteiger partial charge in [-0.3, -0.25) is 4.79 Å². The molecule has 1 fully saturated rings. The standard InChI is InChI=1S/C21H22FN5OS/c1-14-26-18(19(29-14)15-6-8-16(22)9-7-15)20(28)27-12-3-2-5-17(27)13-25-21-23-10-4-11-24-21/h4,6-11,17H,2-3,5,12-13H2,1H3,(H,23,24,25). The van der Waals surface area contributed by atoms with Gasteiger partial charge < -0.3 is 10.2 Å². The summed E-state index contributed by atoms with van der Waals surface area (Å²) in [7, 11) is 0. The largest absolute Gasteiger partial charge is 0.352 e. The van der Waals surface area contributed by atoms with Crippen LogP contribution in [0.3, 0.4) is 0 Å². The number of carbonyl (C=O) groups is 1. The fraction of sp³-hybridized carbons (Fsp3) is 0.333. The minimum absolute atomic E-state index is 0.0446. The van der Waals surface area contributed by atoms with Gasteiger partial charge in [-0.15, -0.1) is 11.3 Å². The van der Waals surface area contributed by atoms with E-state index >= 15 is 0 Å². The van der Waals surface area contributed by atoms with Crippen LogP contribution in [0.2, 0.25) is 0 Å². The van der Waals surface area contributed by atoms with Gasteiger partial charge >= 0.3 is 0 Å². The molecule has 1 unspecified atom stereocenters. The number of halogens is 1. The number of rotatable bonds is 5. The van der Waals surface area contributed by atoms with Crippen molar-refractivity contribution in [2.24, 2.45) is 0 Å². The second-order valence-corrected chi connectivity index (χ2v) is 8.22. The highest BCUT2D eigenvalue weighted by Crippen LogP contribution is 2.32. The number of piperidine rings is 1. The maximum atomic E-state index is 13.4. The molecule has 0 aliphatic carbocycles. The predicted molar refractivity (Wildman–Crippen MR) is 111 cm³/mol. The molecule has 1 aliphatic heterocycles. The quantitative estimate of drug-likeness (QED) is 0.683. The Morgan fingerprint density at radius 1 is 1.24 bits per heavy atom. The van der Waals surface area contributed by atoms with Crippen LogP contribution in [0.25, 0.3) is 10.4 Å². The van der Waals surface area contributed by atoms with Crippen LogP contribution in [0.1, 0.15) is 34.8 Å². The number of nitrogens with zero attached hydrogens (tertiary/aromatic N) is 4. The van der Waals surface area contributed by atoms with Crippen molar-refractivity contribution in [1.82, 2.24) is 19.9 Å². The summed E-state index contributed by atoms with van der Waals surface area (Å²) in [6, 6.07) is 8.02. The van der Waals surface area contributed by atoms with Crippen LogP contribution in [-0.4, -0.2) is 44.9 Å². The molecule has 0 bridgehead atoms. The first-order valence-corrected chi connectivity index (χ1v) is 10.5. The van der Waals surface area contributed by atoms with Crippen molar-refractivity contribution in [2.75, 3.05) is 18.4 Å². The van der Waals surface area contributed by atoms with E-state index in [-0.39, 0.29) is 17.8 Å². The van der Waals surface area contributed by atoms with Crippen LogP contribution in [0, 0.1) is 12.7 Å². The monoisotopic (exact) mass is 411 g/mol. The van der Waals surface area contributed by atoms with Crippen molar-refractivity contribution < 1.29 is 9.18 Å². The van der Waals surface area contributed by atoms with Gasteiger partial charge in [0, 0.05) is 31.5 Å². The number of likely N-dealkylation sites (tertiary alicyclic amines) is 1. The number of carbonyl (C=O) groups excluding carboxylic acids is 1. The van der Waals surface area contributed by atoms with Gasteiger partial charge in [-0.05, 0) is 49.9 Å². The Morgan fingerprint density at radius 3 is 2.76 bits per heavy atom. The van der Waals surface area contributed by atoms with E-state index in [1.54, 1.807) is 30.6 Å². The number of anilines is 1. The first-order chi connectivity index (χ1) is 14.1. The molecule has 1 atom stereocenters. The Hall–Kier alpha value is -2.87. The summed E-state index contributed by atoms with van der Waals surface area (Å²) in [5.74, 6) is 0.185. The zero-order valence-electron chi connectivity index (χ0n) is 16.1. The SMILES string of the molecule is Cc1nc(C(=O)N2CCCCC2CNc2ncccn2)c(-c2ccc(F)cc2)s1. The maximum Gasteiger partial charge on any atom is 0.274 e. The molecule has 0 radical (unpaired) electrons. The second kappa shape index (κ2) is 8.65. The number of aryl methyl sites for hydroxylation is 1. The summed E-state index contributed by atoms with van der Waals surface area (Å²) in [5.41, 5.74) is 1.26. The lowest BCUT2D eigenvalue weighted by molar-refractivity contribution is 0.0623. The predicted octanol–water partition coefficient (Wildman–Crippen LogP) is 4.15. The lowest BCUT2D eigenvalue weighted by Crippen LogP contribution is -2.47. The molecule has 2 aromatic heterocycles. The average molecular weight is 412 g/mol. The van der Waals surface area contributed by atoms with Crippen molar-refractivity contribution in [3.05, 3.63) is 59.2 Å². The fourth-order valence-corrected chi connectivity index (χ4v) is 4.50. The Balaban J connectivity index is 1.56. The number of nitrogens with one attached hydrogen (secondary N) is 1. The van der Waals surface area contributed by atoms with E-state index in [1.807, 2.05) is 11.8 Å². The number of hydrogen-bond donors (Lipinski definition) is 1. The van der Waals surface area contributed by atoms with Crippen molar-refractivity contribution in [3.63, 3.8) is 0 Å². The third kappa shape index (κ3) is 4.42. The first-order valence-electron chi connectivity index (χ1n) is 9.67. The van der Waals surface area contributed by atoms with Gasteiger partial charge in [-0.2, -0.15) is 0 Å². The van der Waals surface area contributed by atoms with Crippen LogP contribution in [0.5, 0.6) is 0 Å². The third-order valence-corrected chi connectivity index (χ3v) is 6.01. The lowest BCUT2D eigenvalue weighted by atomic mass is 10.0. The Bertz CT molecular complexity index is 976. The molecular weight excluding hydrogens is 389 g/mol. The highest BCUT2D eigenvalue weighted by atomic mass is 32.1. The zero-order chi connectivity index (χ0) is 20.2. The van der Waals surface area contributed by atoms with Crippen molar-refractivity contribution in [2.45, 2.75) is 32.2 Å². The molecule has 150 valence electrons. The van der Waals surface area contributed by atoms with Gasteiger partial charge in [0.25, 0.3) is 5.91 Å². The number of hydrogen-bond acceptors (Lipinski definition) is 6. The molecule has 1 aliphatic rings. The van der Waals surface area contributed by atoms with E-state index in [4.69, 9.17) is 0 Å². The van der Waals surface area contributed by atoms with Gasteiger partial charge in [0.05, 0.1) is 9.88 Å². The highest BCUT2D eigenvalue weighted by molar-refractivity contribution is 7.15. The lowest BCUT2D eigenvalue weighted by Gasteiger charge is -2.35. The second-order valence-electron chi connectivity index (χ2n) is 7.02. The average Bonchev–Trinajstić information content (AvgIpc) is 3.15. The molecule has 1 aromatic carbocycles. The van der Waals surface area contributed by atoms with Crippen molar-refractivity contribution >= 4 is 23.2 Å². The van der Waals surface area contributed by atoms with Crippen LogP contribution in [0.4, 0.5) is 10.3 Å². The summed E-state index contributed by atoms with van der Waals surface area (Å²) in [6.07, 6.45) is 6.34. The summed E-state index contributed by atoms with van der Waals surface area (Å²) in [5, 5.41) is 4.05. The summed E-state index contributed by atoms with van der Waals surface area (Å²) >= 11 is 1.46. The first kappa shape index (κ1) is 19.4. The van der Waals surface area contributed by atoms with Gasteiger partial charge in [0.1, 0.15) is 11.5 Å². The fourth-order valence-electron chi connectivity index (χ4n) is 3.58. The van der Waals surface area contributed by atoms with Gasteiger partial charge in [0.15, 0.2) is 0 Å². The van der Waals surface area contributed by atoms with Crippen LogP contribution >= 0.6 is 11.3 Å². The molecule has 1 amide bonds. The Morgan fingerprint density at radius 2 is 2.00 bits per heavy atom. The van der Waals surface area contributed by atoms with Gasteiger partial charge in [0.2, 0.25) is 5.95 Å². The minimum Gasteiger partial charge on any atom is -0.352 e. The number of thiazole rings is 1. The number of amides is 1. The summed E-state index contributed by atoms with van der Waals surface area (Å²) < 4.78 is 13.3. The number of benzene rings is 1. The van der Waals surface area contributed by atoms with Gasteiger partial charge in [-0.25, -0.2) is 19.3 Å². The van der Waals surface area contributed by atoms with Crippen molar-refractivity contribution in [1.29, 1.82) is 0 Å². The van der Waals surface area contributed by atoms with Crippen molar-refractivity contribution in [3.8, 4) is 10.4 Å². The molecule has 1 N–H and O–H groups in total. The molecule has 4 rings (SSSR count). The smallest absolute Gasteiger partial charge is 0.274 e. The minimum atomic E-state index is -0.298. The van der Waals surface area contributed by atoms with Crippen LogP contribution < -0.4 is 5.32 Å². The van der Waals surface area contributed by atoms with E-state index in [1.165, 1.54) is 23.5 Å². The van der Waals surface area contributed by atoms with E-state index in [2.05, 4.69) is 20.3 Å². The molecule has 8 heteroatoms. The molecule has 6 nitrogen and oxygen atoms in total. The molecular formula is C21H22FN5OS. The molecule has 0 spiro atoms. The third-order valence-electron chi connectivity index (χ3n) is 4.99. The zero-order valence-corrected chi connectivity index (χ0v) is 17.0. The molecule has 29 heavy (non-hydrogen) atoms. The van der Waals surface area contributed by atoms with E-state index in [0.717, 1.165) is 34.7 Å². The van der Waals surface area contributed by atoms with E-state index < -0.39 is 0 Å². The Kier molecular flexibility index (Phi) is 5.80. The topological polar surface area (TPSA) is 71.0 Å². The molecule has 3 aromatic rings. The normalized spacial score (nSPS) is 16.6. The van der Waals surface area contributed by atoms with Gasteiger partial charge in [-0.1, -0.05) is 12.1 Å². The van der Waals surface area contributed by atoms with Crippen LogP contribution in [-0.2, 0) is 0 Å². The molecule has 1 saturated heterocycles. The summed E-state index contributed by atoms with van der Waals surface area (Å²) in [6.45, 7) is 3.17. The highest BCUT2D eigenvalue weighted by Gasteiger charge is 2.31. The van der Waals surface area contributed by atoms with E-state index in [9.17, 15) is 9.18 Å². The maximum absolute atomic E-state index is 13.4. The van der Waals surface area contributed by atoms with E-state index in [0.29, 0.717) is 24.7 Å².